The monoisotopic (exact) mass is 364 g/mol. The van der Waals surface area contributed by atoms with Crippen molar-refractivity contribution in [3.05, 3.63) is 52.8 Å². The van der Waals surface area contributed by atoms with Crippen molar-refractivity contribution in [2.75, 3.05) is 6.61 Å². The molecule has 1 heterocycles. The summed E-state index contributed by atoms with van der Waals surface area (Å²) in [4.78, 5) is 11.9. The van der Waals surface area contributed by atoms with Crippen LogP contribution in [0, 0.1) is 0 Å². The van der Waals surface area contributed by atoms with Crippen LogP contribution in [-0.2, 0) is 18.3 Å². The Labute approximate surface area is 139 Å². The van der Waals surface area contributed by atoms with Crippen LogP contribution in [0.25, 0.3) is 0 Å². The second kappa shape index (κ2) is 8.03. The normalized spacial score (nSPS) is 12.0. The van der Waals surface area contributed by atoms with Crippen molar-refractivity contribution >= 4 is 21.8 Å². The molecule has 1 aromatic carbocycles. The highest BCUT2D eigenvalue weighted by Gasteiger charge is 2.09. The van der Waals surface area contributed by atoms with E-state index in [1.54, 1.807) is 0 Å². The fourth-order valence-corrected chi connectivity index (χ4v) is 2.45. The summed E-state index contributed by atoms with van der Waals surface area (Å²) in [5.41, 5.74) is 1.27. The van der Waals surface area contributed by atoms with E-state index in [9.17, 15) is 4.79 Å². The molecule has 0 aliphatic heterocycles. The highest BCUT2D eigenvalue weighted by atomic mass is 79.9. The van der Waals surface area contributed by atoms with Crippen LogP contribution >= 0.6 is 15.9 Å². The molecule has 0 bridgehead atoms. The fraction of sp³-hybridized carbons (Fsp3) is 0.353. The van der Waals surface area contributed by atoms with Crippen LogP contribution in [0.3, 0.4) is 0 Å². The first-order valence-electron chi connectivity index (χ1n) is 7.32. The topological polar surface area (TPSA) is 43.3 Å². The van der Waals surface area contributed by atoms with Crippen molar-refractivity contribution in [1.82, 2.24) is 9.88 Å². The highest BCUT2D eigenvalue weighted by molar-refractivity contribution is 9.10. The predicted octanol–water partition coefficient (Wildman–Crippen LogP) is 3.30. The number of halogens is 1. The van der Waals surface area contributed by atoms with Gasteiger partial charge in [0.1, 0.15) is 5.75 Å². The Kier molecular flexibility index (Phi) is 6.07. The Morgan fingerprint density at radius 3 is 2.68 bits per heavy atom. The van der Waals surface area contributed by atoms with E-state index in [1.807, 2.05) is 50.5 Å². The number of hydrogen-bond donors (Lipinski definition) is 1. The molecule has 2 aromatic rings. The Bertz CT molecular complexity index is 607. The lowest BCUT2D eigenvalue weighted by atomic mass is 10.1. The molecule has 1 N–H and O–H groups in total. The minimum Gasteiger partial charge on any atom is -0.484 e. The molecule has 0 saturated carbocycles. The molecular weight excluding hydrogens is 344 g/mol. The zero-order chi connectivity index (χ0) is 15.9. The van der Waals surface area contributed by atoms with Crippen molar-refractivity contribution in [2.24, 2.45) is 7.05 Å². The summed E-state index contributed by atoms with van der Waals surface area (Å²) in [7, 11) is 2.03. The van der Waals surface area contributed by atoms with Gasteiger partial charge in [0.05, 0.1) is 0 Å². The summed E-state index contributed by atoms with van der Waals surface area (Å²) in [5, 5.41) is 2.96. The van der Waals surface area contributed by atoms with Crippen LogP contribution in [0.5, 0.6) is 5.75 Å². The van der Waals surface area contributed by atoms with Crippen LogP contribution in [0.15, 0.2) is 47.1 Å². The van der Waals surface area contributed by atoms with E-state index >= 15 is 0 Å². The molecule has 1 atom stereocenters. The lowest BCUT2D eigenvalue weighted by Crippen LogP contribution is -2.36. The molecule has 0 radical (unpaired) electrons. The summed E-state index contributed by atoms with van der Waals surface area (Å²) in [6.07, 6.45) is 3.88. The third-order valence-corrected chi connectivity index (χ3v) is 4.00. The van der Waals surface area contributed by atoms with Gasteiger partial charge in [0, 0.05) is 29.5 Å². The van der Waals surface area contributed by atoms with E-state index in [1.165, 1.54) is 5.69 Å². The number of ether oxygens (including phenoxy) is 1. The number of aryl methyl sites for hydroxylation is 2. The van der Waals surface area contributed by atoms with Crippen molar-refractivity contribution in [2.45, 2.75) is 25.8 Å². The van der Waals surface area contributed by atoms with E-state index in [0.717, 1.165) is 17.3 Å². The summed E-state index contributed by atoms with van der Waals surface area (Å²) in [6.45, 7) is 2.05. The van der Waals surface area contributed by atoms with Gasteiger partial charge in [0.15, 0.2) is 6.61 Å². The maximum absolute atomic E-state index is 11.9. The van der Waals surface area contributed by atoms with E-state index in [4.69, 9.17) is 4.74 Å². The van der Waals surface area contributed by atoms with Crippen LogP contribution < -0.4 is 10.1 Å². The number of nitrogens with one attached hydrogen (secondary N) is 1. The first kappa shape index (κ1) is 16.6. The largest absolute Gasteiger partial charge is 0.484 e. The molecule has 5 heteroatoms. The smallest absolute Gasteiger partial charge is 0.258 e. The average molecular weight is 365 g/mol. The van der Waals surface area contributed by atoms with Gasteiger partial charge in [0.2, 0.25) is 0 Å². The van der Waals surface area contributed by atoms with Gasteiger partial charge in [-0.05, 0) is 56.2 Å². The molecule has 0 saturated heterocycles. The molecule has 118 valence electrons. The minimum atomic E-state index is -0.0951. The molecule has 1 amide bonds. The quantitative estimate of drug-likeness (QED) is 0.818. The van der Waals surface area contributed by atoms with Crippen LogP contribution in [0.1, 0.15) is 19.0 Å². The lowest BCUT2D eigenvalue weighted by molar-refractivity contribution is -0.123. The van der Waals surface area contributed by atoms with E-state index in [-0.39, 0.29) is 18.6 Å². The van der Waals surface area contributed by atoms with Crippen LogP contribution in [0.2, 0.25) is 0 Å². The van der Waals surface area contributed by atoms with Gasteiger partial charge in [-0.2, -0.15) is 0 Å². The Morgan fingerprint density at radius 1 is 1.32 bits per heavy atom. The van der Waals surface area contributed by atoms with E-state index in [2.05, 4.69) is 31.9 Å². The molecule has 0 unspecified atom stereocenters. The maximum atomic E-state index is 11.9. The molecule has 1 aromatic heterocycles. The molecule has 2 rings (SSSR count). The number of aromatic nitrogens is 1. The highest BCUT2D eigenvalue weighted by Crippen LogP contribution is 2.15. The number of hydrogen-bond acceptors (Lipinski definition) is 2. The number of benzene rings is 1. The minimum absolute atomic E-state index is 0.0378. The van der Waals surface area contributed by atoms with Crippen LogP contribution in [0.4, 0.5) is 0 Å². The summed E-state index contributed by atoms with van der Waals surface area (Å²) in [6, 6.07) is 11.7. The van der Waals surface area contributed by atoms with Crippen molar-refractivity contribution in [3.8, 4) is 5.75 Å². The van der Waals surface area contributed by atoms with Gasteiger partial charge >= 0.3 is 0 Å². The number of amides is 1. The summed E-state index contributed by atoms with van der Waals surface area (Å²) < 4.78 is 8.54. The van der Waals surface area contributed by atoms with E-state index < -0.39 is 0 Å². The molecule has 22 heavy (non-hydrogen) atoms. The lowest BCUT2D eigenvalue weighted by Gasteiger charge is -2.14. The molecule has 4 nitrogen and oxygen atoms in total. The Morgan fingerprint density at radius 2 is 2.05 bits per heavy atom. The van der Waals surface area contributed by atoms with Gasteiger partial charge in [-0.25, -0.2) is 0 Å². The first-order valence-corrected chi connectivity index (χ1v) is 8.12. The maximum Gasteiger partial charge on any atom is 0.258 e. The summed E-state index contributed by atoms with van der Waals surface area (Å²) in [5.74, 6) is 0.595. The third-order valence-electron chi connectivity index (χ3n) is 3.48. The molecular formula is C17H21BrN2O2. The number of nitrogens with zero attached hydrogens (tertiary/aromatic N) is 1. The first-order chi connectivity index (χ1) is 10.5. The molecule has 0 aliphatic rings. The van der Waals surface area contributed by atoms with Gasteiger partial charge in [-0.3, -0.25) is 4.79 Å². The molecule has 0 fully saturated rings. The summed E-state index contributed by atoms with van der Waals surface area (Å²) >= 11 is 3.36. The second-order valence-electron chi connectivity index (χ2n) is 5.36. The SMILES string of the molecule is C[C@@H](CCc1cccn1C)NC(=O)COc1ccc(Br)cc1. The average Bonchev–Trinajstić information content (AvgIpc) is 2.90. The van der Waals surface area contributed by atoms with Gasteiger partial charge < -0.3 is 14.6 Å². The zero-order valence-electron chi connectivity index (χ0n) is 12.9. The fourth-order valence-electron chi connectivity index (χ4n) is 2.19. The van der Waals surface area contributed by atoms with Gasteiger partial charge in [0.25, 0.3) is 5.91 Å². The number of carbonyl (C=O) groups is 1. The third kappa shape index (κ3) is 5.22. The molecule has 0 aliphatic carbocycles. The van der Waals surface area contributed by atoms with Gasteiger partial charge in [-0.1, -0.05) is 15.9 Å². The Hall–Kier alpha value is -1.75. The standard InChI is InChI=1S/C17H21BrN2O2/c1-13(5-8-15-4-3-11-20(15)2)19-17(21)12-22-16-9-6-14(18)7-10-16/h3-4,6-7,9-11,13H,5,8,12H2,1-2H3,(H,19,21)/t13-/m0/s1. The second-order valence-corrected chi connectivity index (χ2v) is 6.28. The van der Waals surface area contributed by atoms with Crippen molar-refractivity contribution in [1.29, 1.82) is 0 Å². The van der Waals surface area contributed by atoms with Crippen molar-refractivity contribution in [3.63, 3.8) is 0 Å². The van der Waals surface area contributed by atoms with Crippen LogP contribution in [-0.4, -0.2) is 23.1 Å². The van der Waals surface area contributed by atoms with Crippen molar-refractivity contribution < 1.29 is 9.53 Å². The Balaban J connectivity index is 1.69. The predicted molar refractivity (Wildman–Crippen MR) is 91.0 cm³/mol. The van der Waals surface area contributed by atoms with Gasteiger partial charge in [-0.15, -0.1) is 0 Å². The number of rotatable bonds is 7. The molecule has 0 spiro atoms. The van der Waals surface area contributed by atoms with E-state index in [0.29, 0.717) is 5.75 Å². The number of carbonyl (C=O) groups excluding carboxylic acids is 1. The zero-order valence-corrected chi connectivity index (χ0v) is 14.5.